The fraction of sp³-hybridized carbons (Fsp3) is 0.0769. The standard InChI is InChI=1S/C13H12N2O5/c1-6-11(13(19)20)9(5-14-6)15-12(18)8-3-2-7(16)4-10(8)17/h2-5,14,16-17H,1H3,(H,15,18)(H,19,20). The first kappa shape index (κ1) is 13.5. The molecule has 2 rings (SSSR count). The van der Waals surface area contributed by atoms with Crippen LogP contribution in [0.5, 0.6) is 11.5 Å². The van der Waals surface area contributed by atoms with Gasteiger partial charge in [0.05, 0.1) is 11.3 Å². The number of phenols is 2. The molecule has 0 aliphatic rings. The van der Waals surface area contributed by atoms with Crippen LogP contribution >= 0.6 is 0 Å². The Morgan fingerprint density at radius 1 is 1.25 bits per heavy atom. The van der Waals surface area contributed by atoms with E-state index < -0.39 is 17.6 Å². The number of nitrogens with one attached hydrogen (secondary N) is 2. The van der Waals surface area contributed by atoms with Crippen LogP contribution in [0.2, 0.25) is 0 Å². The van der Waals surface area contributed by atoms with Gasteiger partial charge in [0.2, 0.25) is 0 Å². The van der Waals surface area contributed by atoms with Crippen LogP contribution in [0.4, 0.5) is 5.69 Å². The van der Waals surface area contributed by atoms with Crippen LogP contribution in [0.1, 0.15) is 26.4 Å². The van der Waals surface area contributed by atoms with Crippen molar-refractivity contribution >= 4 is 17.6 Å². The van der Waals surface area contributed by atoms with Crippen molar-refractivity contribution in [2.24, 2.45) is 0 Å². The number of anilines is 1. The number of H-pyrrole nitrogens is 1. The van der Waals surface area contributed by atoms with E-state index in [4.69, 9.17) is 10.2 Å². The van der Waals surface area contributed by atoms with Crippen molar-refractivity contribution in [1.82, 2.24) is 4.98 Å². The zero-order valence-corrected chi connectivity index (χ0v) is 10.5. The van der Waals surface area contributed by atoms with E-state index in [9.17, 15) is 14.7 Å². The van der Waals surface area contributed by atoms with Gasteiger partial charge < -0.3 is 25.6 Å². The number of aromatic hydroxyl groups is 2. The number of aryl methyl sites for hydroxylation is 1. The second kappa shape index (κ2) is 4.96. The van der Waals surface area contributed by atoms with Crippen LogP contribution in [0.25, 0.3) is 0 Å². The summed E-state index contributed by atoms with van der Waals surface area (Å²) in [7, 11) is 0. The van der Waals surface area contributed by atoms with Crippen LogP contribution in [-0.2, 0) is 0 Å². The number of carboxylic acid groups (broad SMARTS) is 1. The maximum Gasteiger partial charge on any atom is 0.339 e. The molecule has 0 radical (unpaired) electrons. The summed E-state index contributed by atoms with van der Waals surface area (Å²) in [4.78, 5) is 25.8. The molecule has 7 nitrogen and oxygen atoms in total. The molecule has 0 aliphatic heterocycles. The molecule has 0 saturated heterocycles. The Bertz CT molecular complexity index is 690. The second-order valence-corrected chi connectivity index (χ2v) is 4.16. The van der Waals surface area contributed by atoms with E-state index in [-0.39, 0.29) is 22.6 Å². The molecule has 0 aliphatic carbocycles. The fourth-order valence-electron chi connectivity index (χ4n) is 1.80. The van der Waals surface area contributed by atoms with Crippen molar-refractivity contribution in [3.05, 3.63) is 41.2 Å². The minimum atomic E-state index is -1.17. The number of benzene rings is 1. The highest BCUT2D eigenvalue weighted by molar-refractivity contribution is 6.09. The molecule has 1 heterocycles. The van der Waals surface area contributed by atoms with Crippen LogP contribution in [0.15, 0.2) is 24.4 Å². The number of phenolic OH excluding ortho intramolecular Hbond substituents is 2. The predicted octanol–water partition coefficient (Wildman–Crippen LogP) is 1.68. The molecule has 2 aromatic rings. The van der Waals surface area contributed by atoms with Gasteiger partial charge in [-0.15, -0.1) is 0 Å². The molecule has 0 unspecified atom stereocenters. The lowest BCUT2D eigenvalue weighted by molar-refractivity contribution is 0.0697. The number of hydrogen-bond donors (Lipinski definition) is 5. The Morgan fingerprint density at radius 2 is 1.95 bits per heavy atom. The fourth-order valence-corrected chi connectivity index (χ4v) is 1.80. The molecule has 0 bridgehead atoms. The number of aromatic carboxylic acids is 1. The number of amides is 1. The molecule has 0 fully saturated rings. The third-order valence-corrected chi connectivity index (χ3v) is 2.77. The van der Waals surface area contributed by atoms with Crippen LogP contribution in [-0.4, -0.2) is 32.2 Å². The first-order chi connectivity index (χ1) is 9.40. The maximum absolute atomic E-state index is 12.0. The highest BCUT2D eigenvalue weighted by atomic mass is 16.4. The van der Waals surface area contributed by atoms with E-state index in [1.807, 2.05) is 0 Å². The van der Waals surface area contributed by atoms with Crippen LogP contribution in [0, 0.1) is 6.92 Å². The third-order valence-electron chi connectivity index (χ3n) is 2.77. The van der Waals surface area contributed by atoms with Gasteiger partial charge in [0, 0.05) is 18.0 Å². The molecule has 1 aromatic carbocycles. The number of carbonyl (C=O) groups excluding carboxylic acids is 1. The number of rotatable bonds is 3. The minimum absolute atomic E-state index is 0.0448. The summed E-state index contributed by atoms with van der Waals surface area (Å²) in [6.07, 6.45) is 1.36. The largest absolute Gasteiger partial charge is 0.508 e. The molecule has 104 valence electrons. The molecule has 1 amide bonds. The predicted molar refractivity (Wildman–Crippen MR) is 70.2 cm³/mol. The van der Waals surface area contributed by atoms with E-state index >= 15 is 0 Å². The zero-order valence-electron chi connectivity index (χ0n) is 10.5. The smallest absolute Gasteiger partial charge is 0.339 e. The number of aromatic nitrogens is 1. The lowest BCUT2D eigenvalue weighted by Crippen LogP contribution is -2.14. The Balaban J connectivity index is 2.31. The SMILES string of the molecule is Cc1[nH]cc(NC(=O)c2ccc(O)cc2O)c1C(=O)O. The second-order valence-electron chi connectivity index (χ2n) is 4.16. The van der Waals surface area contributed by atoms with Gasteiger partial charge in [-0.05, 0) is 19.1 Å². The van der Waals surface area contributed by atoms with Crippen LogP contribution in [0.3, 0.4) is 0 Å². The molecule has 0 saturated carbocycles. The van der Waals surface area contributed by atoms with Crippen molar-refractivity contribution in [3.8, 4) is 11.5 Å². The van der Waals surface area contributed by atoms with Gasteiger partial charge in [-0.25, -0.2) is 4.79 Å². The first-order valence-corrected chi connectivity index (χ1v) is 5.64. The van der Waals surface area contributed by atoms with Crippen molar-refractivity contribution in [2.75, 3.05) is 5.32 Å². The Hall–Kier alpha value is -2.96. The Morgan fingerprint density at radius 3 is 2.55 bits per heavy atom. The van der Waals surface area contributed by atoms with Gasteiger partial charge in [0.15, 0.2) is 0 Å². The summed E-state index contributed by atoms with van der Waals surface area (Å²) >= 11 is 0. The van der Waals surface area contributed by atoms with E-state index in [0.717, 1.165) is 6.07 Å². The van der Waals surface area contributed by atoms with E-state index in [1.165, 1.54) is 18.3 Å². The third kappa shape index (κ3) is 2.41. The van der Waals surface area contributed by atoms with Gasteiger partial charge in [0.25, 0.3) is 5.91 Å². The zero-order chi connectivity index (χ0) is 14.9. The van der Waals surface area contributed by atoms with Crippen LogP contribution < -0.4 is 5.32 Å². The molecule has 0 atom stereocenters. The number of hydrogen-bond acceptors (Lipinski definition) is 4. The molecule has 1 aromatic heterocycles. The average Bonchev–Trinajstić information content (AvgIpc) is 2.70. The summed E-state index contributed by atoms with van der Waals surface area (Å²) in [6.45, 7) is 1.57. The monoisotopic (exact) mass is 276 g/mol. The highest BCUT2D eigenvalue weighted by Crippen LogP contribution is 2.25. The maximum atomic E-state index is 12.0. The van der Waals surface area contributed by atoms with E-state index in [1.54, 1.807) is 6.92 Å². The van der Waals surface area contributed by atoms with Gasteiger partial charge in [-0.2, -0.15) is 0 Å². The Labute approximate surface area is 113 Å². The summed E-state index contributed by atoms with van der Waals surface area (Å²) in [5, 5.41) is 30.2. The highest BCUT2D eigenvalue weighted by Gasteiger charge is 2.19. The molecular formula is C13H12N2O5. The molecule has 20 heavy (non-hydrogen) atoms. The topological polar surface area (TPSA) is 123 Å². The lowest BCUT2D eigenvalue weighted by atomic mass is 10.1. The molecule has 7 heteroatoms. The Kier molecular flexibility index (Phi) is 3.34. The van der Waals surface area contributed by atoms with Crippen molar-refractivity contribution in [3.63, 3.8) is 0 Å². The van der Waals surface area contributed by atoms with Crippen molar-refractivity contribution < 1.29 is 24.9 Å². The summed E-state index contributed by atoms with van der Waals surface area (Å²) < 4.78 is 0. The van der Waals surface area contributed by atoms with Gasteiger partial charge >= 0.3 is 5.97 Å². The average molecular weight is 276 g/mol. The summed E-state index contributed by atoms with van der Waals surface area (Å²) in [6, 6.07) is 3.50. The lowest BCUT2D eigenvalue weighted by Gasteiger charge is -2.07. The van der Waals surface area contributed by atoms with Gasteiger partial charge in [0.1, 0.15) is 17.1 Å². The normalized spacial score (nSPS) is 10.2. The van der Waals surface area contributed by atoms with E-state index in [2.05, 4.69) is 10.3 Å². The summed E-state index contributed by atoms with van der Waals surface area (Å²) in [5.41, 5.74) is 0.393. The van der Waals surface area contributed by atoms with Crippen molar-refractivity contribution in [2.45, 2.75) is 6.92 Å². The number of carbonyl (C=O) groups is 2. The molecular weight excluding hydrogens is 264 g/mol. The summed E-state index contributed by atoms with van der Waals surface area (Å²) in [5.74, 6) is -2.42. The first-order valence-electron chi connectivity index (χ1n) is 5.64. The number of carboxylic acids is 1. The molecule has 5 N–H and O–H groups in total. The number of aromatic amines is 1. The minimum Gasteiger partial charge on any atom is -0.508 e. The molecule has 0 spiro atoms. The van der Waals surface area contributed by atoms with Gasteiger partial charge in [-0.1, -0.05) is 0 Å². The van der Waals surface area contributed by atoms with E-state index in [0.29, 0.717) is 5.69 Å². The quantitative estimate of drug-likeness (QED) is 0.583. The van der Waals surface area contributed by atoms with Gasteiger partial charge in [-0.3, -0.25) is 4.79 Å². The van der Waals surface area contributed by atoms with Crippen molar-refractivity contribution in [1.29, 1.82) is 0 Å².